The van der Waals surface area contributed by atoms with Crippen LogP contribution in [0.5, 0.6) is 5.75 Å². The van der Waals surface area contributed by atoms with Crippen molar-refractivity contribution in [1.82, 2.24) is 0 Å². The molecule has 1 heterocycles. The number of carboxylic acid groups (broad SMARTS) is 1. The molecule has 0 atom stereocenters. The van der Waals surface area contributed by atoms with Gasteiger partial charge in [-0.2, -0.15) is 16.6 Å². The summed E-state index contributed by atoms with van der Waals surface area (Å²) in [7, 11) is 1.51. The van der Waals surface area contributed by atoms with Crippen molar-refractivity contribution in [2.75, 3.05) is 7.11 Å². The largest absolute Gasteiger partial charge is 0.496 e. The molecule has 0 amide bonds. The van der Waals surface area contributed by atoms with Gasteiger partial charge in [0.25, 0.3) is 0 Å². The SMILES string of the molecule is COc1ccc(C(=O)O)c(C#N)c1Cc1ccsc1. The van der Waals surface area contributed by atoms with Crippen LogP contribution in [0.3, 0.4) is 0 Å². The Morgan fingerprint density at radius 2 is 2.26 bits per heavy atom. The van der Waals surface area contributed by atoms with E-state index >= 15 is 0 Å². The van der Waals surface area contributed by atoms with E-state index in [2.05, 4.69) is 0 Å². The molecule has 1 aromatic heterocycles. The van der Waals surface area contributed by atoms with E-state index in [1.165, 1.54) is 13.2 Å². The third-order valence-corrected chi connectivity index (χ3v) is 3.53. The van der Waals surface area contributed by atoms with Crippen molar-refractivity contribution < 1.29 is 14.6 Å². The number of rotatable bonds is 4. The van der Waals surface area contributed by atoms with Crippen LogP contribution in [-0.2, 0) is 6.42 Å². The first-order chi connectivity index (χ1) is 9.17. The number of nitriles is 1. The number of hydrogen-bond acceptors (Lipinski definition) is 4. The number of ether oxygens (including phenoxy) is 1. The van der Waals surface area contributed by atoms with Crippen LogP contribution in [0, 0.1) is 11.3 Å². The average Bonchev–Trinajstić information content (AvgIpc) is 2.90. The van der Waals surface area contributed by atoms with E-state index in [0.29, 0.717) is 17.7 Å². The van der Waals surface area contributed by atoms with Crippen molar-refractivity contribution in [2.45, 2.75) is 6.42 Å². The Bertz CT molecular complexity index is 641. The summed E-state index contributed by atoms with van der Waals surface area (Å²) in [6.45, 7) is 0. The highest BCUT2D eigenvalue weighted by atomic mass is 32.1. The highest BCUT2D eigenvalue weighted by Gasteiger charge is 2.18. The van der Waals surface area contributed by atoms with Gasteiger partial charge in [-0.05, 0) is 34.5 Å². The van der Waals surface area contributed by atoms with Gasteiger partial charge >= 0.3 is 5.97 Å². The average molecular weight is 273 g/mol. The second-order valence-corrected chi connectivity index (χ2v) is 4.67. The first-order valence-corrected chi connectivity index (χ1v) is 6.46. The number of nitrogens with zero attached hydrogens (tertiary/aromatic N) is 1. The molecule has 1 N–H and O–H groups in total. The fraction of sp³-hybridized carbons (Fsp3) is 0.143. The molecule has 0 aliphatic rings. The quantitative estimate of drug-likeness (QED) is 0.929. The van der Waals surface area contributed by atoms with E-state index < -0.39 is 5.97 Å². The Labute approximate surface area is 114 Å². The van der Waals surface area contributed by atoms with Gasteiger partial charge in [0.15, 0.2) is 0 Å². The van der Waals surface area contributed by atoms with Crippen molar-refractivity contribution >= 4 is 17.3 Å². The molecule has 0 saturated heterocycles. The molecule has 0 bridgehead atoms. The molecule has 0 aliphatic heterocycles. The Kier molecular flexibility index (Phi) is 3.83. The van der Waals surface area contributed by atoms with Crippen LogP contribution in [0.25, 0.3) is 0 Å². The number of methoxy groups -OCH3 is 1. The van der Waals surface area contributed by atoms with Crippen molar-refractivity contribution in [2.24, 2.45) is 0 Å². The number of aromatic carboxylic acids is 1. The van der Waals surface area contributed by atoms with E-state index in [9.17, 15) is 10.1 Å². The van der Waals surface area contributed by atoms with E-state index in [1.807, 2.05) is 22.9 Å². The Morgan fingerprint density at radius 1 is 1.47 bits per heavy atom. The van der Waals surface area contributed by atoms with Gasteiger partial charge in [-0.1, -0.05) is 0 Å². The number of benzene rings is 1. The molecule has 0 unspecified atom stereocenters. The maximum atomic E-state index is 11.1. The van der Waals surface area contributed by atoms with Gasteiger partial charge in [-0.3, -0.25) is 0 Å². The first-order valence-electron chi connectivity index (χ1n) is 5.51. The van der Waals surface area contributed by atoms with E-state index in [0.717, 1.165) is 5.56 Å². The maximum absolute atomic E-state index is 11.1. The molecule has 0 fully saturated rings. The van der Waals surface area contributed by atoms with Gasteiger partial charge in [0.1, 0.15) is 11.8 Å². The van der Waals surface area contributed by atoms with Gasteiger partial charge in [0, 0.05) is 12.0 Å². The molecular formula is C14H11NO3S. The lowest BCUT2D eigenvalue weighted by Crippen LogP contribution is -2.06. The molecule has 4 nitrogen and oxygen atoms in total. The van der Waals surface area contributed by atoms with E-state index in [1.54, 1.807) is 17.4 Å². The van der Waals surface area contributed by atoms with Crippen LogP contribution in [0.2, 0.25) is 0 Å². The van der Waals surface area contributed by atoms with Gasteiger partial charge in [-0.25, -0.2) is 4.79 Å². The summed E-state index contributed by atoms with van der Waals surface area (Å²) < 4.78 is 5.23. The number of carboxylic acids is 1. The fourth-order valence-corrected chi connectivity index (χ4v) is 2.57. The van der Waals surface area contributed by atoms with Gasteiger partial charge in [0.05, 0.1) is 18.2 Å². The summed E-state index contributed by atoms with van der Waals surface area (Å²) in [4.78, 5) is 11.1. The van der Waals surface area contributed by atoms with Crippen LogP contribution in [0.1, 0.15) is 27.0 Å². The number of carbonyl (C=O) groups is 1. The Hall–Kier alpha value is -2.32. The molecule has 0 radical (unpaired) electrons. The lowest BCUT2D eigenvalue weighted by atomic mass is 9.96. The van der Waals surface area contributed by atoms with Crippen LogP contribution >= 0.6 is 11.3 Å². The molecular weight excluding hydrogens is 262 g/mol. The Morgan fingerprint density at radius 3 is 2.79 bits per heavy atom. The van der Waals surface area contributed by atoms with Crippen LogP contribution < -0.4 is 4.74 Å². The summed E-state index contributed by atoms with van der Waals surface area (Å²) in [6.07, 6.45) is 0.483. The predicted octanol–water partition coefficient (Wildman–Crippen LogP) is 2.92. The maximum Gasteiger partial charge on any atom is 0.337 e. The molecule has 96 valence electrons. The monoisotopic (exact) mass is 273 g/mol. The van der Waals surface area contributed by atoms with Crippen molar-refractivity contribution in [1.29, 1.82) is 5.26 Å². The van der Waals surface area contributed by atoms with Crippen molar-refractivity contribution in [3.05, 3.63) is 51.2 Å². The second-order valence-electron chi connectivity index (χ2n) is 3.89. The van der Waals surface area contributed by atoms with Crippen molar-refractivity contribution in [3.8, 4) is 11.8 Å². The normalized spacial score (nSPS) is 9.89. The smallest absolute Gasteiger partial charge is 0.337 e. The summed E-state index contributed by atoms with van der Waals surface area (Å²) in [5.74, 6) is -0.571. The standard InChI is InChI=1S/C14H11NO3S/c1-18-13-3-2-10(14(16)17)12(7-15)11(13)6-9-4-5-19-8-9/h2-5,8H,6H2,1H3,(H,16,17). The molecule has 19 heavy (non-hydrogen) atoms. The van der Waals surface area contributed by atoms with Gasteiger partial charge < -0.3 is 9.84 Å². The van der Waals surface area contributed by atoms with Gasteiger partial charge in [0.2, 0.25) is 0 Å². The lowest BCUT2D eigenvalue weighted by molar-refractivity contribution is 0.0696. The first kappa shape index (κ1) is 13.1. The minimum absolute atomic E-state index is 0.00790. The summed E-state index contributed by atoms with van der Waals surface area (Å²) in [5.41, 5.74) is 1.82. The zero-order chi connectivity index (χ0) is 13.8. The molecule has 0 spiro atoms. The second kappa shape index (κ2) is 5.55. The summed E-state index contributed by atoms with van der Waals surface area (Å²) in [6, 6.07) is 6.91. The minimum Gasteiger partial charge on any atom is -0.496 e. The molecule has 0 saturated carbocycles. The topological polar surface area (TPSA) is 70.3 Å². The van der Waals surface area contributed by atoms with Gasteiger partial charge in [-0.15, -0.1) is 0 Å². The fourth-order valence-electron chi connectivity index (χ4n) is 1.90. The minimum atomic E-state index is -1.11. The third-order valence-electron chi connectivity index (χ3n) is 2.79. The van der Waals surface area contributed by atoms with Crippen molar-refractivity contribution in [3.63, 3.8) is 0 Å². The molecule has 0 aliphatic carbocycles. The summed E-state index contributed by atoms with van der Waals surface area (Å²) >= 11 is 1.56. The Balaban J connectivity index is 2.58. The highest BCUT2D eigenvalue weighted by molar-refractivity contribution is 7.07. The highest BCUT2D eigenvalue weighted by Crippen LogP contribution is 2.28. The molecule has 1 aromatic carbocycles. The number of hydrogen-bond donors (Lipinski definition) is 1. The van der Waals surface area contributed by atoms with E-state index in [-0.39, 0.29) is 11.1 Å². The third kappa shape index (κ3) is 2.59. The molecule has 2 rings (SSSR count). The molecule has 5 heteroatoms. The zero-order valence-corrected chi connectivity index (χ0v) is 11.0. The van der Waals surface area contributed by atoms with Crippen LogP contribution in [0.4, 0.5) is 0 Å². The van der Waals surface area contributed by atoms with E-state index in [4.69, 9.17) is 9.84 Å². The number of thiophene rings is 1. The molecule has 2 aromatic rings. The summed E-state index contributed by atoms with van der Waals surface area (Å²) in [5, 5.41) is 22.3. The van der Waals surface area contributed by atoms with Crippen LogP contribution in [-0.4, -0.2) is 18.2 Å². The predicted molar refractivity (Wildman–Crippen MR) is 71.8 cm³/mol. The zero-order valence-electron chi connectivity index (χ0n) is 10.2. The lowest BCUT2D eigenvalue weighted by Gasteiger charge is -2.11. The van der Waals surface area contributed by atoms with Crippen LogP contribution in [0.15, 0.2) is 29.0 Å².